The molecule has 558 valence electrons. The van der Waals surface area contributed by atoms with Crippen molar-refractivity contribution in [2.24, 2.45) is 0 Å². The summed E-state index contributed by atoms with van der Waals surface area (Å²) in [5, 5.41) is 14.0. The lowest BCUT2D eigenvalue weighted by molar-refractivity contribution is -0.138. The fourth-order valence-electron chi connectivity index (χ4n) is 4.34. The Morgan fingerprint density at radius 2 is 0.293 bits per heavy atom. The number of benzene rings is 10. The molecule has 7 heteroatoms. The largest absolute Gasteiger partial charge is 0.469 e. The summed E-state index contributed by atoms with van der Waals surface area (Å²) < 4.78 is 12.6. The summed E-state index contributed by atoms with van der Waals surface area (Å²) in [6.07, 6.45) is 1.92. The van der Waals surface area contributed by atoms with E-state index in [0.717, 1.165) is 14.2 Å². The predicted molar refractivity (Wildman–Crippen MR) is 451 cm³/mol. The van der Waals surface area contributed by atoms with Crippen molar-refractivity contribution < 1.29 is 34.0 Å². The molecule has 0 amide bonds. The van der Waals surface area contributed by atoms with Crippen LogP contribution in [-0.2, 0) is 23.8 Å². The van der Waals surface area contributed by atoms with Crippen LogP contribution in [0.1, 0.15) is 158 Å². The van der Waals surface area contributed by atoms with Gasteiger partial charge in [-0.25, -0.2) is 0 Å². The molecule has 10 rings (SSSR count). The molecule has 0 aliphatic heterocycles. The molecule has 2 N–H and O–H groups in total. The average Bonchev–Trinajstić information content (AvgIpc) is 1.02. The first-order valence-electron chi connectivity index (χ1n) is 35.1. The molecule has 0 bridgehead atoms. The van der Waals surface area contributed by atoms with Gasteiger partial charge < -0.3 is 29.2 Å². The summed E-state index contributed by atoms with van der Waals surface area (Å²) in [5.41, 5.74) is 2.55. The minimum atomic E-state index is -0.245. The van der Waals surface area contributed by atoms with Gasteiger partial charge in [0.05, 0.1) is 7.11 Å². The number of Topliss-reactive ketones (excluding diaryl/α,β-unsaturated/α-hetero) is 1. The second-order valence-corrected chi connectivity index (χ2v) is 15.2. The highest BCUT2D eigenvalue weighted by molar-refractivity contribution is 5.74. The third-order valence-electron chi connectivity index (χ3n) is 8.00. The molecular formula is C92H148O7. The quantitative estimate of drug-likeness (QED) is 0.166. The van der Waals surface area contributed by atoms with Crippen LogP contribution in [0, 0.1) is 0 Å². The predicted octanol–water partition coefficient (Wildman–Crippen LogP) is 27.4. The maximum absolute atomic E-state index is 9.81. The van der Waals surface area contributed by atoms with Gasteiger partial charge in [-0.2, -0.15) is 0 Å². The van der Waals surface area contributed by atoms with Crippen molar-refractivity contribution in [2.75, 3.05) is 49.8 Å². The van der Waals surface area contributed by atoms with Crippen LogP contribution in [0.15, 0.2) is 352 Å². The highest BCUT2D eigenvalue weighted by atomic mass is 16.5. The van der Waals surface area contributed by atoms with Crippen molar-refractivity contribution in [2.45, 2.75) is 158 Å². The standard InChI is InChI=1S/C12H10.8C6H6.C4H8O.C3H6O2.C3H8.2C2H6O.8C2H6.2CH4O/c1-3-7-11(8-4-1)12-9-5-2-6-10-12;8*1-2-4-6-5-3-1;1-3-4(2)5;1-3(4)5-2;3*1-3-2;10*1-2/h1-10H;8*1-6H;3H2,1-2H3;1-2H3;3H2,1-2H3;2*1-2H3;8*1-2H3;2*2H,1H3. The summed E-state index contributed by atoms with van der Waals surface area (Å²) >= 11 is 0. The average molecular weight is 1370 g/mol. The van der Waals surface area contributed by atoms with Crippen molar-refractivity contribution in [3.05, 3.63) is 352 Å². The molecule has 0 aliphatic rings. The summed E-state index contributed by atoms with van der Waals surface area (Å²) in [7, 11) is 9.85. The van der Waals surface area contributed by atoms with Crippen LogP contribution in [0.2, 0.25) is 0 Å². The molecule has 0 fully saturated rings. The Labute approximate surface area is 613 Å². The molecule has 0 saturated carbocycles. The van der Waals surface area contributed by atoms with Gasteiger partial charge in [-0.1, -0.05) is 490 Å². The van der Waals surface area contributed by atoms with E-state index in [1.165, 1.54) is 31.6 Å². The van der Waals surface area contributed by atoms with Gasteiger partial charge in [0.25, 0.3) is 0 Å². The number of carbonyl (C=O) groups is 2. The minimum Gasteiger partial charge on any atom is -0.469 e. The van der Waals surface area contributed by atoms with Crippen molar-refractivity contribution in [1.29, 1.82) is 0 Å². The molecule has 10 aromatic carbocycles. The highest BCUT2D eigenvalue weighted by Crippen LogP contribution is 2.17. The first-order chi connectivity index (χ1) is 48.7. The SMILES string of the molecule is CC.CC.CC.CC.CC.CC.CC.CC.CCC.CCC(C)=O.CO.CO.COC.COC.COC(C)=O.c1ccc(-c2ccccc2)cc1.c1ccccc1.c1ccccc1.c1ccccc1.c1ccccc1.c1ccccc1.c1ccccc1.c1ccccc1.c1ccccc1. The lowest BCUT2D eigenvalue weighted by Gasteiger charge is -1.98. The molecule has 0 unspecified atom stereocenters. The van der Waals surface area contributed by atoms with Crippen LogP contribution in [0.25, 0.3) is 11.1 Å². The summed E-state index contributed by atoms with van der Waals surface area (Å²) in [6.45, 7) is 41.0. The smallest absolute Gasteiger partial charge is 0.302 e. The number of aliphatic hydroxyl groups is 2. The molecule has 0 atom stereocenters. The van der Waals surface area contributed by atoms with E-state index in [4.69, 9.17) is 10.2 Å². The zero-order valence-electron chi connectivity index (χ0n) is 67.8. The van der Waals surface area contributed by atoms with Gasteiger partial charge in [-0.15, -0.1) is 0 Å². The molecule has 7 nitrogen and oxygen atoms in total. The maximum atomic E-state index is 9.81. The third-order valence-corrected chi connectivity index (χ3v) is 8.00. The van der Waals surface area contributed by atoms with E-state index in [2.05, 4.69) is 76.6 Å². The van der Waals surface area contributed by atoms with E-state index in [-0.39, 0.29) is 11.8 Å². The topological polar surface area (TPSA) is 102 Å². The molecule has 0 saturated heterocycles. The molecule has 10 aromatic rings. The van der Waals surface area contributed by atoms with E-state index in [9.17, 15) is 9.59 Å². The van der Waals surface area contributed by atoms with Gasteiger partial charge in [-0.3, -0.25) is 4.79 Å². The number of hydrogen-bond donors (Lipinski definition) is 2. The summed E-state index contributed by atoms with van der Waals surface area (Å²) in [6, 6.07) is 117. The second kappa shape index (κ2) is 158. The summed E-state index contributed by atoms with van der Waals surface area (Å²) in [4.78, 5) is 19.4. The van der Waals surface area contributed by atoms with E-state index >= 15 is 0 Å². The first-order valence-corrected chi connectivity index (χ1v) is 35.1. The Morgan fingerprint density at radius 1 is 0.232 bits per heavy atom. The number of hydrogen-bond acceptors (Lipinski definition) is 7. The molecular weight excluding hydrogens is 1220 g/mol. The number of carbonyl (C=O) groups excluding carboxylic acids is 2. The van der Waals surface area contributed by atoms with Gasteiger partial charge in [0.2, 0.25) is 0 Å². The van der Waals surface area contributed by atoms with Gasteiger partial charge in [0.15, 0.2) is 0 Å². The van der Waals surface area contributed by atoms with Crippen molar-refractivity contribution in [3.63, 3.8) is 0 Å². The number of esters is 1. The third kappa shape index (κ3) is 170. The Morgan fingerprint density at radius 3 is 0.343 bits per heavy atom. The number of ketones is 1. The van der Waals surface area contributed by atoms with Crippen LogP contribution in [0.5, 0.6) is 0 Å². The van der Waals surface area contributed by atoms with E-state index < -0.39 is 0 Å². The summed E-state index contributed by atoms with van der Waals surface area (Å²) in [5.74, 6) is 0.00926. The Hall–Kier alpha value is -8.82. The number of rotatable bonds is 2. The Balaban J connectivity index is -0.0000000649. The zero-order valence-corrected chi connectivity index (χ0v) is 67.8. The Kier molecular flexibility index (Phi) is 198. The number of aliphatic hydroxyl groups excluding tert-OH is 2. The normalized spacial score (nSPS) is 6.93. The fourth-order valence-corrected chi connectivity index (χ4v) is 4.34. The molecule has 99 heavy (non-hydrogen) atoms. The zero-order chi connectivity index (χ0) is 78.9. The lowest BCUT2D eigenvalue weighted by Crippen LogP contribution is -1.88. The van der Waals surface area contributed by atoms with Crippen LogP contribution >= 0.6 is 0 Å². The van der Waals surface area contributed by atoms with Gasteiger partial charge in [-0.05, 0) is 18.1 Å². The molecule has 0 aliphatic carbocycles. The Bertz CT molecular complexity index is 1820. The van der Waals surface area contributed by atoms with Crippen LogP contribution in [0.3, 0.4) is 0 Å². The maximum Gasteiger partial charge on any atom is 0.302 e. The van der Waals surface area contributed by atoms with E-state index in [0.29, 0.717) is 6.42 Å². The van der Waals surface area contributed by atoms with Crippen molar-refractivity contribution in [1.82, 2.24) is 0 Å². The number of ether oxygens (including phenoxy) is 3. The van der Waals surface area contributed by atoms with E-state index in [1.54, 1.807) is 35.4 Å². The lowest BCUT2D eigenvalue weighted by atomic mass is 10.1. The highest BCUT2D eigenvalue weighted by Gasteiger charge is 1.92. The van der Waals surface area contributed by atoms with E-state index in [1.807, 2.05) is 421 Å². The van der Waals surface area contributed by atoms with Gasteiger partial charge in [0.1, 0.15) is 5.78 Å². The van der Waals surface area contributed by atoms with Crippen LogP contribution in [0.4, 0.5) is 0 Å². The molecule has 0 spiro atoms. The monoisotopic (exact) mass is 1370 g/mol. The molecule has 0 radical (unpaired) electrons. The van der Waals surface area contributed by atoms with Crippen LogP contribution < -0.4 is 0 Å². The van der Waals surface area contributed by atoms with Gasteiger partial charge >= 0.3 is 5.97 Å². The molecule has 0 heterocycles. The fraction of sp³-hybridized carbons (Fsp3) is 0.326. The van der Waals surface area contributed by atoms with Crippen molar-refractivity contribution in [3.8, 4) is 11.1 Å². The number of methoxy groups -OCH3 is 3. The van der Waals surface area contributed by atoms with Crippen LogP contribution in [-0.4, -0.2) is 71.7 Å². The second-order valence-electron chi connectivity index (χ2n) is 15.2. The van der Waals surface area contributed by atoms with Crippen molar-refractivity contribution >= 4 is 11.8 Å². The first kappa shape index (κ1) is 124. The minimum absolute atomic E-state index is 0.245. The van der Waals surface area contributed by atoms with Gasteiger partial charge in [0, 0.05) is 56.0 Å². The molecule has 0 aromatic heterocycles.